The van der Waals surface area contributed by atoms with Crippen LogP contribution in [0.15, 0.2) is 29.2 Å². The van der Waals surface area contributed by atoms with E-state index in [2.05, 4.69) is 5.32 Å². The molecule has 3 nitrogen and oxygen atoms in total. The van der Waals surface area contributed by atoms with Crippen LogP contribution in [0.2, 0.25) is 0 Å². The van der Waals surface area contributed by atoms with Crippen LogP contribution >= 0.6 is 24.2 Å². The zero-order valence-corrected chi connectivity index (χ0v) is 12.9. The molecule has 8 heteroatoms. The van der Waals surface area contributed by atoms with E-state index in [0.717, 1.165) is 13.1 Å². The SMILES string of the molecule is C[C@H]1CNCCN1C(=O)c1ccc(SC(F)(F)F)cc1.Cl. The fourth-order valence-corrected chi connectivity index (χ4v) is 2.65. The van der Waals surface area contributed by atoms with Crippen LogP contribution in [-0.2, 0) is 0 Å². The monoisotopic (exact) mass is 340 g/mol. The van der Waals surface area contributed by atoms with Crippen molar-refractivity contribution in [2.24, 2.45) is 0 Å². The topological polar surface area (TPSA) is 32.3 Å². The number of nitrogens with zero attached hydrogens (tertiary/aromatic N) is 1. The number of carbonyl (C=O) groups excluding carboxylic acids is 1. The number of rotatable bonds is 2. The van der Waals surface area contributed by atoms with Crippen molar-refractivity contribution in [2.45, 2.75) is 23.4 Å². The number of carbonyl (C=O) groups is 1. The first-order valence-electron chi connectivity index (χ1n) is 6.24. The minimum Gasteiger partial charge on any atom is -0.333 e. The molecular formula is C13H16ClF3N2OS. The lowest BCUT2D eigenvalue weighted by atomic mass is 10.1. The molecule has 0 saturated carbocycles. The average Bonchev–Trinajstić information content (AvgIpc) is 2.37. The van der Waals surface area contributed by atoms with Gasteiger partial charge in [-0.2, -0.15) is 13.2 Å². The molecule has 1 N–H and O–H groups in total. The quantitative estimate of drug-likeness (QED) is 0.839. The van der Waals surface area contributed by atoms with Gasteiger partial charge < -0.3 is 10.2 Å². The van der Waals surface area contributed by atoms with E-state index in [1.165, 1.54) is 24.3 Å². The Balaban J connectivity index is 0.00000220. The van der Waals surface area contributed by atoms with Gasteiger partial charge in [0.2, 0.25) is 0 Å². The molecule has 1 saturated heterocycles. The number of hydrogen-bond acceptors (Lipinski definition) is 3. The first-order chi connectivity index (χ1) is 9.37. The van der Waals surface area contributed by atoms with Crippen LogP contribution < -0.4 is 5.32 Å². The molecule has 1 aliphatic heterocycles. The molecule has 1 aromatic rings. The smallest absolute Gasteiger partial charge is 0.333 e. The Morgan fingerprint density at radius 2 is 1.95 bits per heavy atom. The predicted octanol–water partition coefficient (Wildman–Crippen LogP) is 3.15. The highest BCUT2D eigenvalue weighted by atomic mass is 35.5. The Labute approximate surface area is 131 Å². The standard InChI is InChI=1S/C13H15F3N2OS.ClH/c1-9-8-17-6-7-18(9)12(19)10-2-4-11(5-3-10)20-13(14,15)16;/h2-5,9,17H,6-8H2,1H3;1H/t9-;/m0./s1. The number of alkyl halides is 3. The third-order valence-electron chi connectivity index (χ3n) is 3.10. The van der Waals surface area contributed by atoms with Gasteiger partial charge in [0, 0.05) is 36.1 Å². The fourth-order valence-electron chi connectivity index (χ4n) is 2.11. The minimum atomic E-state index is -4.31. The summed E-state index contributed by atoms with van der Waals surface area (Å²) in [4.78, 5) is 14.1. The number of piperazine rings is 1. The molecule has 118 valence electrons. The van der Waals surface area contributed by atoms with Crippen molar-refractivity contribution in [3.05, 3.63) is 29.8 Å². The second kappa shape index (κ2) is 7.38. The van der Waals surface area contributed by atoms with Crippen molar-refractivity contribution < 1.29 is 18.0 Å². The Morgan fingerprint density at radius 3 is 2.48 bits per heavy atom. The second-order valence-electron chi connectivity index (χ2n) is 4.62. The normalized spacial score (nSPS) is 19.0. The molecule has 0 aromatic heterocycles. The van der Waals surface area contributed by atoms with Crippen LogP contribution in [0.3, 0.4) is 0 Å². The number of benzene rings is 1. The molecule has 2 rings (SSSR count). The lowest BCUT2D eigenvalue weighted by molar-refractivity contribution is -0.0328. The summed E-state index contributed by atoms with van der Waals surface area (Å²) in [6.45, 7) is 4.02. The van der Waals surface area contributed by atoms with Gasteiger partial charge in [-0.25, -0.2) is 0 Å². The van der Waals surface area contributed by atoms with Crippen LogP contribution in [0.4, 0.5) is 13.2 Å². The summed E-state index contributed by atoms with van der Waals surface area (Å²) in [7, 11) is 0. The average molecular weight is 341 g/mol. The predicted molar refractivity (Wildman–Crippen MR) is 79.0 cm³/mol. The van der Waals surface area contributed by atoms with Gasteiger partial charge in [-0.3, -0.25) is 4.79 Å². The van der Waals surface area contributed by atoms with E-state index < -0.39 is 5.51 Å². The number of nitrogens with one attached hydrogen (secondary N) is 1. The first-order valence-corrected chi connectivity index (χ1v) is 7.06. The van der Waals surface area contributed by atoms with Crippen LogP contribution in [0.1, 0.15) is 17.3 Å². The Bertz CT molecular complexity index is 481. The van der Waals surface area contributed by atoms with E-state index in [-0.39, 0.29) is 41.0 Å². The molecule has 21 heavy (non-hydrogen) atoms. The number of hydrogen-bond donors (Lipinski definition) is 1. The molecule has 0 bridgehead atoms. The van der Waals surface area contributed by atoms with E-state index in [0.29, 0.717) is 12.1 Å². The van der Waals surface area contributed by atoms with Crippen molar-refractivity contribution in [1.29, 1.82) is 0 Å². The van der Waals surface area contributed by atoms with Gasteiger partial charge in [0.15, 0.2) is 0 Å². The summed E-state index contributed by atoms with van der Waals surface area (Å²) in [5.74, 6) is -0.137. The zero-order valence-electron chi connectivity index (χ0n) is 11.3. The Kier molecular flexibility index (Phi) is 6.37. The Morgan fingerprint density at radius 1 is 1.33 bits per heavy atom. The van der Waals surface area contributed by atoms with Gasteiger partial charge in [0.25, 0.3) is 5.91 Å². The third-order valence-corrected chi connectivity index (χ3v) is 3.84. The highest BCUT2D eigenvalue weighted by Crippen LogP contribution is 2.36. The maximum atomic E-state index is 12.3. The lowest BCUT2D eigenvalue weighted by Gasteiger charge is -2.34. The summed E-state index contributed by atoms with van der Waals surface area (Å²) >= 11 is -0.178. The lowest BCUT2D eigenvalue weighted by Crippen LogP contribution is -2.52. The molecule has 0 unspecified atom stereocenters. The van der Waals surface area contributed by atoms with Crippen LogP contribution in [0.25, 0.3) is 0 Å². The molecule has 0 spiro atoms. The largest absolute Gasteiger partial charge is 0.446 e. The second-order valence-corrected chi connectivity index (χ2v) is 5.76. The maximum Gasteiger partial charge on any atom is 0.446 e. The molecule has 1 aliphatic rings. The van der Waals surface area contributed by atoms with Gasteiger partial charge in [-0.1, -0.05) is 0 Å². The number of amides is 1. The van der Waals surface area contributed by atoms with E-state index in [4.69, 9.17) is 0 Å². The summed E-state index contributed by atoms with van der Waals surface area (Å²) in [5.41, 5.74) is -3.89. The number of thioether (sulfide) groups is 1. The summed E-state index contributed by atoms with van der Waals surface area (Å²) < 4.78 is 36.7. The van der Waals surface area contributed by atoms with Gasteiger partial charge >= 0.3 is 5.51 Å². The van der Waals surface area contributed by atoms with Crippen LogP contribution in [0, 0.1) is 0 Å². The fraction of sp³-hybridized carbons (Fsp3) is 0.462. The van der Waals surface area contributed by atoms with Crippen molar-refractivity contribution in [2.75, 3.05) is 19.6 Å². The molecule has 1 aromatic carbocycles. The minimum absolute atomic E-state index is 0. The molecule has 1 amide bonds. The first kappa shape index (κ1) is 18.1. The molecule has 1 fully saturated rings. The van der Waals surface area contributed by atoms with Crippen molar-refractivity contribution in [1.82, 2.24) is 10.2 Å². The summed E-state index contributed by atoms with van der Waals surface area (Å²) in [6, 6.07) is 5.65. The van der Waals surface area contributed by atoms with E-state index in [9.17, 15) is 18.0 Å². The zero-order chi connectivity index (χ0) is 14.8. The molecule has 0 radical (unpaired) electrons. The maximum absolute atomic E-state index is 12.3. The third kappa shape index (κ3) is 5.09. The van der Waals surface area contributed by atoms with Gasteiger partial charge in [0.05, 0.1) is 0 Å². The van der Waals surface area contributed by atoms with Crippen molar-refractivity contribution >= 4 is 30.1 Å². The summed E-state index contributed by atoms with van der Waals surface area (Å²) in [5, 5.41) is 3.18. The van der Waals surface area contributed by atoms with E-state index >= 15 is 0 Å². The number of halogens is 4. The molecule has 1 atom stereocenters. The molecule has 1 heterocycles. The highest BCUT2D eigenvalue weighted by molar-refractivity contribution is 8.00. The Hall–Kier alpha value is -0.920. The van der Waals surface area contributed by atoms with Crippen LogP contribution in [-0.4, -0.2) is 42.0 Å². The van der Waals surface area contributed by atoms with Gasteiger partial charge in [-0.05, 0) is 43.0 Å². The molecule has 0 aliphatic carbocycles. The van der Waals surface area contributed by atoms with Gasteiger partial charge in [-0.15, -0.1) is 12.4 Å². The van der Waals surface area contributed by atoms with Crippen LogP contribution in [0.5, 0.6) is 0 Å². The van der Waals surface area contributed by atoms with Crippen molar-refractivity contribution in [3.8, 4) is 0 Å². The summed E-state index contributed by atoms with van der Waals surface area (Å²) in [6.07, 6.45) is 0. The van der Waals surface area contributed by atoms with Crippen molar-refractivity contribution in [3.63, 3.8) is 0 Å². The van der Waals surface area contributed by atoms with Gasteiger partial charge in [0.1, 0.15) is 0 Å². The van der Waals surface area contributed by atoms with E-state index in [1.54, 1.807) is 4.90 Å². The molecular weight excluding hydrogens is 325 g/mol. The highest BCUT2D eigenvalue weighted by Gasteiger charge is 2.29. The van der Waals surface area contributed by atoms with E-state index in [1.807, 2.05) is 6.92 Å².